The molecule has 1 nitrogen and oxygen atoms in total. The van der Waals surface area contributed by atoms with Gasteiger partial charge in [0.15, 0.2) is 6.10 Å². The third kappa shape index (κ3) is 3.46. The zero-order valence-electron chi connectivity index (χ0n) is 7.35. The molecular formula is C9H7BrF4O. The summed E-state index contributed by atoms with van der Waals surface area (Å²) in [5.41, 5.74) is -0.172. The fourth-order valence-electron chi connectivity index (χ4n) is 1.02. The number of hydrogen-bond acceptors (Lipinski definition) is 1. The summed E-state index contributed by atoms with van der Waals surface area (Å²) in [5, 5.41) is 8.75. The third-order valence-electron chi connectivity index (χ3n) is 1.80. The first-order valence-corrected chi connectivity index (χ1v) is 4.78. The van der Waals surface area contributed by atoms with Crippen LogP contribution in [0.15, 0.2) is 22.7 Å². The summed E-state index contributed by atoms with van der Waals surface area (Å²) >= 11 is 3.01. The summed E-state index contributed by atoms with van der Waals surface area (Å²) in [6, 6.07) is 3.63. The van der Waals surface area contributed by atoms with Gasteiger partial charge < -0.3 is 5.11 Å². The largest absolute Gasteiger partial charge is 0.414 e. The van der Waals surface area contributed by atoms with Gasteiger partial charge in [-0.15, -0.1) is 0 Å². The Morgan fingerprint density at radius 2 is 1.93 bits per heavy atom. The molecule has 0 aliphatic carbocycles. The molecule has 1 aromatic rings. The van der Waals surface area contributed by atoms with E-state index in [4.69, 9.17) is 5.11 Å². The maximum absolute atomic E-state index is 13.0. The minimum absolute atomic E-state index is 0.172. The monoisotopic (exact) mass is 286 g/mol. The van der Waals surface area contributed by atoms with Gasteiger partial charge in [-0.05, 0) is 23.8 Å². The number of aliphatic hydroxyl groups is 1. The van der Waals surface area contributed by atoms with E-state index in [0.717, 1.165) is 6.07 Å². The number of halogens is 5. The molecule has 84 valence electrons. The Morgan fingerprint density at radius 3 is 2.47 bits per heavy atom. The molecule has 0 saturated carbocycles. The van der Waals surface area contributed by atoms with Crippen molar-refractivity contribution in [3.8, 4) is 0 Å². The van der Waals surface area contributed by atoms with Crippen LogP contribution in [-0.4, -0.2) is 17.4 Å². The van der Waals surface area contributed by atoms with Crippen LogP contribution in [0.5, 0.6) is 0 Å². The Balaban J connectivity index is 2.85. The van der Waals surface area contributed by atoms with Crippen molar-refractivity contribution in [3.05, 3.63) is 34.1 Å². The van der Waals surface area contributed by atoms with E-state index in [0.29, 0.717) is 4.47 Å². The first kappa shape index (κ1) is 12.4. The lowest BCUT2D eigenvalue weighted by atomic mass is 10.1. The highest BCUT2D eigenvalue weighted by Gasteiger charge is 2.38. The molecule has 0 aliphatic heterocycles. The molecule has 0 radical (unpaired) electrons. The summed E-state index contributed by atoms with van der Waals surface area (Å²) in [6.45, 7) is 0. The lowest BCUT2D eigenvalue weighted by molar-refractivity contribution is -0.203. The van der Waals surface area contributed by atoms with Gasteiger partial charge in [-0.2, -0.15) is 13.2 Å². The molecular weight excluding hydrogens is 280 g/mol. The molecule has 1 atom stereocenters. The topological polar surface area (TPSA) is 20.2 Å². The van der Waals surface area contributed by atoms with Crippen molar-refractivity contribution in [2.45, 2.75) is 18.7 Å². The van der Waals surface area contributed by atoms with E-state index in [1.165, 1.54) is 12.1 Å². The highest BCUT2D eigenvalue weighted by molar-refractivity contribution is 9.10. The zero-order valence-corrected chi connectivity index (χ0v) is 8.94. The standard InChI is InChI=1S/C9H7BrF4O/c10-6-1-2-7(11)5(3-6)4-8(15)9(12,13)14/h1-3,8,15H,4H2. The summed E-state index contributed by atoms with van der Waals surface area (Å²) in [5.74, 6) is -0.762. The van der Waals surface area contributed by atoms with Gasteiger partial charge in [0, 0.05) is 10.9 Å². The molecule has 1 unspecified atom stereocenters. The fraction of sp³-hybridized carbons (Fsp3) is 0.333. The molecule has 0 spiro atoms. The smallest absolute Gasteiger partial charge is 0.383 e. The van der Waals surface area contributed by atoms with E-state index >= 15 is 0 Å². The van der Waals surface area contributed by atoms with Crippen LogP contribution >= 0.6 is 15.9 Å². The number of hydrogen-bond donors (Lipinski definition) is 1. The number of benzene rings is 1. The van der Waals surface area contributed by atoms with Gasteiger partial charge in [-0.25, -0.2) is 4.39 Å². The lowest BCUT2D eigenvalue weighted by Gasteiger charge is -2.14. The number of alkyl halides is 3. The Morgan fingerprint density at radius 1 is 1.33 bits per heavy atom. The summed E-state index contributed by atoms with van der Waals surface area (Å²) in [7, 11) is 0. The van der Waals surface area contributed by atoms with Crippen LogP contribution in [-0.2, 0) is 6.42 Å². The molecule has 0 bridgehead atoms. The van der Waals surface area contributed by atoms with E-state index in [-0.39, 0.29) is 5.56 Å². The number of rotatable bonds is 2. The van der Waals surface area contributed by atoms with E-state index in [2.05, 4.69) is 15.9 Å². The van der Waals surface area contributed by atoms with Gasteiger partial charge in [0.2, 0.25) is 0 Å². The van der Waals surface area contributed by atoms with Crippen molar-refractivity contribution in [2.24, 2.45) is 0 Å². The first-order valence-electron chi connectivity index (χ1n) is 3.99. The molecule has 0 aromatic heterocycles. The Hall–Kier alpha value is -0.620. The molecule has 0 aliphatic rings. The van der Waals surface area contributed by atoms with Gasteiger partial charge >= 0.3 is 6.18 Å². The maximum Gasteiger partial charge on any atom is 0.414 e. The Kier molecular flexibility index (Phi) is 3.72. The average molecular weight is 287 g/mol. The quantitative estimate of drug-likeness (QED) is 0.829. The van der Waals surface area contributed by atoms with Crippen molar-refractivity contribution in [1.82, 2.24) is 0 Å². The van der Waals surface area contributed by atoms with Crippen LogP contribution in [0.4, 0.5) is 17.6 Å². The van der Waals surface area contributed by atoms with Crippen molar-refractivity contribution in [3.63, 3.8) is 0 Å². The molecule has 0 heterocycles. The second kappa shape index (κ2) is 4.49. The summed E-state index contributed by atoms with van der Waals surface area (Å²) in [6.07, 6.45) is -8.05. The highest BCUT2D eigenvalue weighted by Crippen LogP contribution is 2.25. The lowest BCUT2D eigenvalue weighted by Crippen LogP contribution is -2.30. The predicted molar refractivity (Wildman–Crippen MR) is 49.9 cm³/mol. The van der Waals surface area contributed by atoms with Gasteiger partial charge in [0.25, 0.3) is 0 Å². The zero-order chi connectivity index (χ0) is 11.6. The van der Waals surface area contributed by atoms with Crippen molar-refractivity contribution in [1.29, 1.82) is 0 Å². The van der Waals surface area contributed by atoms with Crippen molar-refractivity contribution < 1.29 is 22.7 Å². The van der Waals surface area contributed by atoms with Crippen LogP contribution in [0, 0.1) is 5.82 Å². The van der Waals surface area contributed by atoms with Crippen LogP contribution in [0.3, 0.4) is 0 Å². The first-order chi connectivity index (χ1) is 6.80. The van der Waals surface area contributed by atoms with E-state index in [1.807, 2.05) is 0 Å². The molecule has 15 heavy (non-hydrogen) atoms. The summed E-state index contributed by atoms with van der Waals surface area (Å²) < 4.78 is 49.4. The minimum atomic E-state index is -4.73. The number of aliphatic hydroxyl groups excluding tert-OH is 1. The molecule has 1 aromatic carbocycles. The van der Waals surface area contributed by atoms with Crippen LogP contribution in [0.25, 0.3) is 0 Å². The molecule has 1 rings (SSSR count). The van der Waals surface area contributed by atoms with Crippen LogP contribution < -0.4 is 0 Å². The molecule has 0 fully saturated rings. The highest BCUT2D eigenvalue weighted by atomic mass is 79.9. The maximum atomic E-state index is 13.0. The van der Waals surface area contributed by atoms with Gasteiger partial charge in [0.1, 0.15) is 5.82 Å². The Bertz CT molecular complexity index is 350. The van der Waals surface area contributed by atoms with Crippen molar-refractivity contribution >= 4 is 15.9 Å². The van der Waals surface area contributed by atoms with E-state index < -0.39 is 24.5 Å². The molecule has 0 saturated heterocycles. The normalized spacial score (nSPS) is 14.0. The average Bonchev–Trinajstić information content (AvgIpc) is 2.09. The van der Waals surface area contributed by atoms with Gasteiger partial charge in [0.05, 0.1) is 0 Å². The van der Waals surface area contributed by atoms with E-state index in [1.54, 1.807) is 0 Å². The molecule has 6 heteroatoms. The van der Waals surface area contributed by atoms with Crippen LogP contribution in [0.1, 0.15) is 5.56 Å². The van der Waals surface area contributed by atoms with E-state index in [9.17, 15) is 17.6 Å². The second-order valence-corrected chi connectivity index (χ2v) is 3.91. The molecule has 1 N–H and O–H groups in total. The predicted octanol–water partition coefficient (Wildman–Crippen LogP) is 3.05. The van der Waals surface area contributed by atoms with Gasteiger partial charge in [-0.3, -0.25) is 0 Å². The summed E-state index contributed by atoms with van der Waals surface area (Å²) in [4.78, 5) is 0. The van der Waals surface area contributed by atoms with Crippen molar-refractivity contribution in [2.75, 3.05) is 0 Å². The van der Waals surface area contributed by atoms with Crippen LogP contribution in [0.2, 0.25) is 0 Å². The Labute approximate surface area is 91.9 Å². The third-order valence-corrected chi connectivity index (χ3v) is 2.29. The minimum Gasteiger partial charge on any atom is -0.383 e. The second-order valence-electron chi connectivity index (χ2n) is 3.00. The molecule has 0 amide bonds. The SMILES string of the molecule is OC(Cc1cc(Br)ccc1F)C(F)(F)F. The van der Waals surface area contributed by atoms with Gasteiger partial charge in [-0.1, -0.05) is 15.9 Å². The fourth-order valence-corrected chi connectivity index (χ4v) is 1.43.